The third-order valence-corrected chi connectivity index (χ3v) is 6.95. The molecular weight excluding hydrogens is 468 g/mol. The number of nitro benzene ring substituents is 1. The van der Waals surface area contributed by atoms with E-state index in [9.17, 15) is 20.0 Å². The lowest BCUT2D eigenvalue weighted by molar-refractivity contribution is -0.385. The van der Waals surface area contributed by atoms with Gasteiger partial charge in [0.05, 0.1) is 27.8 Å². The molecule has 0 aromatic heterocycles. The molecule has 2 fully saturated rings. The first-order valence-corrected chi connectivity index (χ1v) is 11.1. The molecule has 0 bridgehead atoms. The van der Waals surface area contributed by atoms with Crippen molar-refractivity contribution in [1.82, 2.24) is 9.80 Å². The van der Waals surface area contributed by atoms with Crippen molar-refractivity contribution >= 4 is 33.4 Å². The van der Waals surface area contributed by atoms with E-state index in [0.29, 0.717) is 48.9 Å². The fourth-order valence-electron chi connectivity index (χ4n) is 4.58. The van der Waals surface area contributed by atoms with Crippen molar-refractivity contribution in [3.63, 3.8) is 0 Å². The van der Waals surface area contributed by atoms with Crippen LogP contribution in [0.4, 0.5) is 16.2 Å². The first-order valence-electron chi connectivity index (χ1n) is 11.8. The molecule has 10 heteroatoms. The van der Waals surface area contributed by atoms with Crippen LogP contribution >= 0.6 is 15.9 Å². The monoisotopic (exact) mass is 501 g/mol. The average Bonchev–Trinajstić information content (AvgIpc) is 2.72. The minimum atomic E-state index is -2.80. The van der Waals surface area contributed by atoms with Gasteiger partial charge in [-0.15, -0.1) is 0 Å². The van der Waals surface area contributed by atoms with Crippen molar-refractivity contribution in [2.24, 2.45) is 5.41 Å². The molecule has 2 aliphatic rings. The molecule has 2 heterocycles. The Labute approximate surface area is 195 Å². The smallest absolute Gasteiger partial charge is 0.407 e. The Morgan fingerprint density at radius 3 is 2.52 bits per heavy atom. The van der Waals surface area contributed by atoms with Crippen LogP contribution in [0, 0.1) is 15.5 Å². The summed E-state index contributed by atoms with van der Waals surface area (Å²) in [7, 11) is -2.80. The highest BCUT2D eigenvalue weighted by molar-refractivity contribution is 9.10. The van der Waals surface area contributed by atoms with E-state index in [2.05, 4.69) is 46.5 Å². The summed E-state index contributed by atoms with van der Waals surface area (Å²) in [6.45, 7) is 9.36. The highest BCUT2D eigenvalue weighted by atomic mass is 79.9. The summed E-state index contributed by atoms with van der Waals surface area (Å²) < 4.78 is 27.4. The molecule has 0 saturated carbocycles. The van der Waals surface area contributed by atoms with Crippen LogP contribution in [0.25, 0.3) is 0 Å². The van der Waals surface area contributed by atoms with Gasteiger partial charge in [0, 0.05) is 55.4 Å². The summed E-state index contributed by atoms with van der Waals surface area (Å²) in [6.07, 6.45) is 0.790. The van der Waals surface area contributed by atoms with Gasteiger partial charge < -0.3 is 19.6 Å². The summed E-state index contributed by atoms with van der Waals surface area (Å²) in [5, 5.41) is 21.0. The molecule has 1 unspecified atom stereocenters. The van der Waals surface area contributed by atoms with Crippen LogP contribution in [0.2, 0.25) is 0 Å². The molecule has 0 radical (unpaired) electrons. The van der Waals surface area contributed by atoms with Gasteiger partial charge in [0.1, 0.15) is 0 Å². The number of halogens is 1. The number of amides is 1. The fourth-order valence-corrected chi connectivity index (χ4v) is 5.16. The maximum absolute atomic E-state index is 11.7. The lowest BCUT2D eigenvalue weighted by Gasteiger charge is -2.49. The van der Waals surface area contributed by atoms with E-state index in [0.717, 1.165) is 12.8 Å². The number of benzene rings is 1. The first-order chi connectivity index (χ1) is 15.7. The zero-order valence-corrected chi connectivity index (χ0v) is 19.6. The first kappa shape index (κ1) is 19.6. The maximum Gasteiger partial charge on any atom is 0.407 e. The number of rotatable bonds is 4. The van der Waals surface area contributed by atoms with Gasteiger partial charge in [-0.1, -0.05) is 20.8 Å². The van der Waals surface area contributed by atoms with Crippen LogP contribution in [-0.2, 0) is 0 Å². The Kier molecular flexibility index (Phi) is 5.82. The molecule has 0 aliphatic carbocycles. The topological polar surface area (TPSA) is 99.4 Å². The molecular formula is C21H31BrN4O5. The number of nitro groups is 1. The molecule has 9 nitrogen and oxygen atoms in total. The third-order valence-electron chi connectivity index (χ3n) is 6.31. The second-order valence-corrected chi connectivity index (χ2v) is 10.1. The summed E-state index contributed by atoms with van der Waals surface area (Å²) in [5.41, 5.74) is 0.0540. The Morgan fingerprint density at radius 2 is 1.97 bits per heavy atom. The van der Waals surface area contributed by atoms with Crippen LogP contribution in [0.15, 0.2) is 16.6 Å². The van der Waals surface area contributed by atoms with E-state index in [1.165, 1.54) is 12.1 Å². The van der Waals surface area contributed by atoms with Crippen molar-refractivity contribution in [2.75, 3.05) is 44.7 Å². The number of anilines is 1. The largest absolute Gasteiger partial charge is 0.490 e. The average molecular weight is 502 g/mol. The van der Waals surface area contributed by atoms with E-state index < -0.39 is 23.7 Å². The third kappa shape index (κ3) is 5.06. The quantitative estimate of drug-likeness (QED) is 0.490. The predicted octanol–water partition coefficient (Wildman–Crippen LogP) is 4.05. The standard InChI is InChI=1S/C21H31BrN4O5/c1-21(2,3)19-13-24(9-10-25(19)20(27)28)14-5-7-23(8-6-14)16-12-18(31-4)17(26(29)30)11-15(16)22/h11-12,14,19H,5-10,13H2,1-4H3,(H,27,28)/i4D3. The minimum Gasteiger partial charge on any atom is -0.490 e. The molecule has 1 aromatic rings. The molecule has 31 heavy (non-hydrogen) atoms. The number of ether oxygens (including phenoxy) is 1. The number of carboxylic acid groups (broad SMARTS) is 1. The van der Waals surface area contributed by atoms with Gasteiger partial charge in [0.2, 0.25) is 0 Å². The second-order valence-electron chi connectivity index (χ2n) is 9.20. The van der Waals surface area contributed by atoms with Crippen LogP contribution in [-0.4, -0.2) is 77.8 Å². The van der Waals surface area contributed by atoms with Crippen LogP contribution in [0.1, 0.15) is 37.7 Å². The molecule has 1 amide bonds. The van der Waals surface area contributed by atoms with E-state index in [1.54, 1.807) is 4.90 Å². The number of carbonyl (C=O) groups is 1. The SMILES string of the molecule is [2H]C([2H])([2H])Oc1cc(N2CCC(N3CCN(C(=O)O)C(C(C)(C)C)C3)CC2)c(Br)cc1[N+](=O)[O-]. The highest BCUT2D eigenvalue weighted by Gasteiger charge is 2.40. The Hall–Kier alpha value is -2.07. The molecule has 1 N–H and O–H groups in total. The number of piperidine rings is 1. The Balaban J connectivity index is 1.73. The molecule has 0 spiro atoms. The summed E-state index contributed by atoms with van der Waals surface area (Å²) in [6, 6.07) is 2.89. The van der Waals surface area contributed by atoms with Gasteiger partial charge >= 0.3 is 11.8 Å². The van der Waals surface area contributed by atoms with E-state index >= 15 is 0 Å². The summed E-state index contributed by atoms with van der Waals surface area (Å²) >= 11 is 3.39. The summed E-state index contributed by atoms with van der Waals surface area (Å²) in [4.78, 5) is 28.4. The number of hydrogen-bond donors (Lipinski definition) is 1. The normalized spacial score (nSPS) is 23.1. The van der Waals surface area contributed by atoms with E-state index in [-0.39, 0.29) is 17.2 Å². The molecule has 2 aliphatic heterocycles. The lowest BCUT2D eigenvalue weighted by Crippen LogP contribution is -2.62. The number of nitrogens with zero attached hydrogens (tertiary/aromatic N) is 4. The zero-order valence-electron chi connectivity index (χ0n) is 21.0. The molecule has 2 saturated heterocycles. The van der Waals surface area contributed by atoms with Gasteiger partial charge in [0.25, 0.3) is 0 Å². The Morgan fingerprint density at radius 1 is 1.29 bits per heavy atom. The number of methoxy groups -OCH3 is 1. The van der Waals surface area contributed by atoms with Crippen molar-refractivity contribution in [1.29, 1.82) is 0 Å². The highest BCUT2D eigenvalue weighted by Crippen LogP contribution is 2.39. The van der Waals surface area contributed by atoms with E-state index in [4.69, 9.17) is 8.85 Å². The van der Waals surface area contributed by atoms with Crippen molar-refractivity contribution < 1.29 is 23.7 Å². The Bertz CT molecular complexity index is 932. The number of piperazine rings is 1. The predicted molar refractivity (Wildman–Crippen MR) is 122 cm³/mol. The van der Waals surface area contributed by atoms with Crippen molar-refractivity contribution in [2.45, 2.75) is 45.7 Å². The lowest BCUT2D eigenvalue weighted by atomic mass is 9.83. The van der Waals surface area contributed by atoms with Crippen molar-refractivity contribution in [3.8, 4) is 5.75 Å². The van der Waals surface area contributed by atoms with Gasteiger partial charge in [-0.3, -0.25) is 15.0 Å². The maximum atomic E-state index is 11.7. The van der Waals surface area contributed by atoms with Crippen LogP contribution < -0.4 is 9.64 Å². The van der Waals surface area contributed by atoms with Crippen LogP contribution in [0.5, 0.6) is 5.75 Å². The van der Waals surface area contributed by atoms with Crippen LogP contribution in [0.3, 0.4) is 0 Å². The number of hydrogen-bond acceptors (Lipinski definition) is 6. The van der Waals surface area contributed by atoms with E-state index in [1.807, 2.05) is 0 Å². The van der Waals surface area contributed by atoms with Gasteiger partial charge in [0.15, 0.2) is 5.75 Å². The zero-order chi connectivity index (χ0) is 25.4. The minimum absolute atomic E-state index is 0.0970. The molecule has 1 aromatic carbocycles. The molecule has 172 valence electrons. The summed E-state index contributed by atoms with van der Waals surface area (Å²) in [5.74, 6) is -0.289. The van der Waals surface area contributed by atoms with Gasteiger partial charge in [-0.2, -0.15) is 0 Å². The fraction of sp³-hybridized carbons (Fsp3) is 0.667. The molecule has 3 rings (SSSR count). The van der Waals surface area contributed by atoms with Crippen molar-refractivity contribution in [3.05, 3.63) is 26.7 Å². The van der Waals surface area contributed by atoms with Gasteiger partial charge in [-0.05, 0) is 34.2 Å². The molecule has 1 atom stereocenters. The van der Waals surface area contributed by atoms with Gasteiger partial charge in [-0.25, -0.2) is 4.79 Å². The second kappa shape index (κ2) is 9.20.